The van der Waals surface area contributed by atoms with Crippen LogP contribution in [0.4, 0.5) is 0 Å². The first kappa shape index (κ1) is 13.8. The SMILES string of the molecule is Cc1cc(/C=C/C(=O)c2c(O)cc(C)oc2=O)n(C)n1. The highest BCUT2D eigenvalue weighted by atomic mass is 16.4. The van der Waals surface area contributed by atoms with Gasteiger partial charge in [0.1, 0.15) is 17.1 Å². The molecule has 104 valence electrons. The van der Waals surface area contributed by atoms with Crippen LogP contribution in [-0.4, -0.2) is 20.7 Å². The zero-order chi connectivity index (χ0) is 14.9. The van der Waals surface area contributed by atoms with Crippen LogP contribution in [0.3, 0.4) is 0 Å². The van der Waals surface area contributed by atoms with Crippen molar-refractivity contribution in [2.75, 3.05) is 0 Å². The standard InChI is InChI=1S/C14H14N2O4/c1-8-6-10(16(3)15-8)4-5-11(17)13-12(18)7-9(2)20-14(13)19/h4-7,18H,1-3H3/b5-4+. The normalized spacial score (nSPS) is 11.2. The minimum Gasteiger partial charge on any atom is -0.507 e. The zero-order valence-electron chi connectivity index (χ0n) is 11.4. The highest BCUT2D eigenvalue weighted by Crippen LogP contribution is 2.16. The van der Waals surface area contributed by atoms with Gasteiger partial charge in [0.15, 0.2) is 5.78 Å². The van der Waals surface area contributed by atoms with Crippen LogP contribution in [-0.2, 0) is 7.05 Å². The summed E-state index contributed by atoms with van der Waals surface area (Å²) < 4.78 is 6.41. The van der Waals surface area contributed by atoms with Gasteiger partial charge in [0.25, 0.3) is 0 Å². The second-order valence-electron chi connectivity index (χ2n) is 4.44. The average Bonchev–Trinajstić information content (AvgIpc) is 2.63. The van der Waals surface area contributed by atoms with Gasteiger partial charge in [-0.1, -0.05) is 0 Å². The number of carbonyl (C=O) groups is 1. The van der Waals surface area contributed by atoms with E-state index in [0.29, 0.717) is 5.69 Å². The summed E-state index contributed by atoms with van der Waals surface area (Å²) in [5, 5.41) is 13.8. The highest BCUT2D eigenvalue weighted by Gasteiger charge is 2.16. The number of carbonyl (C=O) groups excluding carboxylic acids is 1. The molecular weight excluding hydrogens is 260 g/mol. The van der Waals surface area contributed by atoms with Crippen molar-refractivity contribution in [1.82, 2.24) is 9.78 Å². The molecule has 0 aliphatic rings. The van der Waals surface area contributed by atoms with E-state index in [1.54, 1.807) is 17.8 Å². The smallest absolute Gasteiger partial charge is 0.351 e. The molecule has 0 amide bonds. The van der Waals surface area contributed by atoms with Crippen molar-refractivity contribution in [3.8, 4) is 5.75 Å². The zero-order valence-corrected chi connectivity index (χ0v) is 11.4. The number of aromatic nitrogens is 2. The molecule has 0 bridgehead atoms. The van der Waals surface area contributed by atoms with Crippen molar-refractivity contribution in [3.63, 3.8) is 0 Å². The maximum Gasteiger partial charge on any atom is 0.351 e. The number of hydrogen-bond donors (Lipinski definition) is 1. The second kappa shape index (κ2) is 5.16. The van der Waals surface area contributed by atoms with Gasteiger partial charge in [0.2, 0.25) is 0 Å². The maximum absolute atomic E-state index is 12.0. The third kappa shape index (κ3) is 2.69. The van der Waals surface area contributed by atoms with Crippen LogP contribution in [0.1, 0.15) is 27.5 Å². The van der Waals surface area contributed by atoms with Crippen LogP contribution in [0.15, 0.2) is 27.4 Å². The summed E-state index contributed by atoms with van der Waals surface area (Å²) in [4.78, 5) is 23.5. The second-order valence-corrected chi connectivity index (χ2v) is 4.44. The van der Waals surface area contributed by atoms with Gasteiger partial charge in [-0.2, -0.15) is 5.10 Å². The fourth-order valence-electron chi connectivity index (χ4n) is 1.85. The highest BCUT2D eigenvalue weighted by molar-refractivity contribution is 6.08. The van der Waals surface area contributed by atoms with Crippen LogP contribution in [0.5, 0.6) is 5.75 Å². The monoisotopic (exact) mass is 274 g/mol. The molecule has 2 rings (SSSR count). The molecule has 6 heteroatoms. The lowest BCUT2D eigenvalue weighted by molar-refractivity contribution is 0.104. The van der Waals surface area contributed by atoms with E-state index in [0.717, 1.165) is 5.69 Å². The van der Waals surface area contributed by atoms with Crippen molar-refractivity contribution < 1.29 is 14.3 Å². The summed E-state index contributed by atoms with van der Waals surface area (Å²) in [5.41, 5.74) is 0.313. The third-order valence-corrected chi connectivity index (χ3v) is 2.74. The number of ketones is 1. The van der Waals surface area contributed by atoms with Crippen LogP contribution >= 0.6 is 0 Å². The molecule has 0 saturated heterocycles. The lowest BCUT2D eigenvalue weighted by atomic mass is 10.1. The summed E-state index contributed by atoms with van der Waals surface area (Å²) in [5.74, 6) is -0.750. The Kier molecular flexibility index (Phi) is 3.56. The molecule has 1 N–H and O–H groups in total. The molecule has 2 aromatic rings. The van der Waals surface area contributed by atoms with Crippen LogP contribution in [0, 0.1) is 13.8 Å². The third-order valence-electron chi connectivity index (χ3n) is 2.74. The molecule has 0 unspecified atom stereocenters. The molecule has 0 fully saturated rings. The van der Waals surface area contributed by atoms with E-state index < -0.39 is 11.4 Å². The Bertz CT molecular complexity index is 753. The molecule has 0 saturated carbocycles. The summed E-state index contributed by atoms with van der Waals surface area (Å²) in [6.07, 6.45) is 2.73. The number of nitrogens with zero attached hydrogens (tertiary/aromatic N) is 2. The van der Waals surface area contributed by atoms with Gasteiger partial charge in [0.05, 0.1) is 11.4 Å². The predicted molar refractivity (Wildman–Crippen MR) is 72.7 cm³/mol. The Hall–Kier alpha value is -2.63. The number of rotatable bonds is 3. The van der Waals surface area contributed by atoms with Crippen LogP contribution in [0.2, 0.25) is 0 Å². The summed E-state index contributed by atoms with van der Waals surface area (Å²) >= 11 is 0. The van der Waals surface area contributed by atoms with E-state index in [2.05, 4.69) is 5.10 Å². The number of aromatic hydroxyl groups is 1. The van der Waals surface area contributed by atoms with Gasteiger partial charge in [-0.05, 0) is 32.1 Å². The average molecular weight is 274 g/mol. The molecule has 0 radical (unpaired) electrons. The number of allylic oxidation sites excluding steroid dienone is 1. The lowest BCUT2D eigenvalue weighted by Crippen LogP contribution is -2.13. The molecular formula is C14H14N2O4. The fraction of sp³-hybridized carbons (Fsp3) is 0.214. The van der Waals surface area contributed by atoms with Crippen molar-refractivity contribution >= 4 is 11.9 Å². The predicted octanol–water partition coefficient (Wildman–Crippen LogP) is 1.59. The maximum atomic E-state index is 12.0. The van der Waals surface area contributed by atoms with E-state index in [4.69, 9.17) is 4.42 Å². The van der Waals surface area contributed by atoms with Gasteiger partial charge in [-0.25, -0.2) is 4.79 Å². The van der Waals surface area contributed by atoms with E-state index in [1.807, 2.05) is 6.92 Å². The Morgan fingerprint density at radius 3 is 2.65 bits per heavy atom. The summed E-state index contributed by atoms with van der Waals surface area (Å²) in [6.45, 7) is 3.35. The van der Waals surface area contributed by atoms with Gasteiger partial charge in [-0.3, -0.25) is 9.48 Å². The fourth-order valence-corrected chi connectivity index (χ4v) is 1.85. The Labute approximate surface area is 115 Å². The van der Waals surface area contributed by atoms with Crippen molar-refractivity contribution in [1.29, 1.82) is 0 Å². The topological polar surface area (TPSA) is 85.3 Å². The first-order valence-electron chi connectivity index (χ1n) is 5.95. The van der Waals surface area contributed by atoms with Gasteiger partial charge >= 0.3 is 5.63 Å². The van der Waals surface area contributed by atoms with Crippen molar-refractivity contribution in [3.05, 3.63) is 51.3 Å². The molecule has 20 heavy (non-hydrogen) atoms. The molecule has 2 aromatic heterocycles. The lowest BCUT2D eigenvalue weighted by Gasteiger charge is -1.99. The van der Waals surface area contributed by atoms with E-state index >= 15 is 0 Å². The number of hydrogen-bond acceptors (Lipinski definition) is 5. The van der Waals surface area contributed by atoms with Crippen LogP contribution < -0.4 is 5.63 Å². The van der Waals surface area contributed by atoms with E-state index in [9.17, 15) is 14.7 Å². The summed E-state index contributed by atoms with van der Waals surface area (Å²) in [6, 6.07) is 3.03. The molecule has 0 aliphatic carbocycles. The van der Waals surface area contributed by atoms with Gasteiger partial charge in [0, 0.05) is 13.1 Å². The Balaban J connectivity index is 2.34. The number of aryl methyl sites for hydroxylation is 3. The van der Waals surface area contributed by atoms with E-state index in [-0.39, 0.29) is 17.1 Å². The van der Waals surface area contributed by atoms with Crippen molar-refractivity contribution in [2.45, 2.75) is 13.8 Å². The summed E-state index contributed by atoms with van der Waals surface area (Å²) in [7, 11) is 1.74. The van der Waals surface area contributed by atoms with E-state index in [1.165, 1.54) is 25.1 Å². The first-order valence-corrected chi connectivity index (χ1v) is 5.95. The quantitative estimate of drug-likeness (QED) is 0.678. The Morgan fingerprint density at radius 1 is 1.40 bits per heavy atom. The molecule has 0 aromatic carbocycles. The van der Waals surface area contributed by atoms with Crippen molar-refractivity contribution in [2.24, 2.45) is 7.05 Å². The Morgan fingerprint density at radius 2 is 2.10 bits per heavy atom. The molecule has 0 spiro atoms. The minimum absolute atomic E-state index is 0.246. The molecule has 2 heterocycles. The largest absolute Gasteiger partial charge is 0.507 e. The molecule has 0 aliphatic heterocycles. The minimum atomic E-state index is -0.849. The molecule has 0 atom stereocenters. The van der Waals surface area contributed by atoms with Gasteiger partial charge < -0.3 is 9.52 Å². The first-order chi connectivity index (χ1) is 9.38. The molecule has 6 nitrogen and oxygen atoms in total. The van der Waals surface area contributed by atoms with Gasteiger partial charge in [-0.15, -0.1) is 0 Å². The van der Waals surface area contributed by atoms with Crippen LogP contribution in [0.25, 0.3) is 6.08 Å².